The first-order chi connectivity index (χ1) is 27.2. The second-order valence-corrected chi connectivity index (χ2v) is 19.2. The van der Waals surface area contributed by atoms with Crippen molar-refractivity contribution in [3.05, 3.63) is 43.7 Å². The van der Waals surface area contributed by atoms with Crippen molar-refractivity contribution in [3.63, 3.8) is 0 Å². The number of nitrogens with zero attached hydrogens (tertiary/aromatic N) is 2. The van der Waals surface area contributed by atoms with E-state index in [9.17, 15) is 64.5 Å². The Labute approximate surface area is 416 Å². The van der Waals surface area contributed by atoms with Gasteiger partial charge in [-0.1, -0.05) is 6.92 Å². The Morgan fingerprint density at radius 2 is 1.00 bits per heavy atom. The number of anilines is 2. The van der Waals surface area contributed by atoms with Crippen molar-refractivity contribution in [1.82, 2.24) is 9.80 Å². The van der Waals surface area contributed by atoms with Gasteiger partial charge in [0.25, 0.3) is 11.8 Å². The molecule has 4 amide bonds. The van der Waals surface area contributed by atoms with Crippen LogP contribution in [0.3, 0.4) is 0 Å². The third-order valence-electron chi connectivity index (χ3n) is 8.45. The highest BCUT2D eigenvalue weighted by Crippen LogP contribution is 2.39. The fourth-order valence-corrected chi connectivity index (χ4v) is 14.4. The van der Waals surface area contributed by atoms with E-state index in [1.54, 1.807) is 6.92 Å². The van der Waals surface area contributed by atoms with Crippen LogP contribution in [0.25, 0.3) is 0 Å². The number of aliphatic hydroxyl groups excluding tert-OH is 7. The van der Waals surface area contributed by atoms with Gasteiger partial charge in [-0.3, -0.25) is 28.8 Å². The molecular weight excluding hydrogens is 1450 g/mol. The summed E-state index contributed by atoms with van der Waals surface area (Å²) in [5, 5.41) is 74.4. The normalized spacial score (nSPS) is 12.7. The van der Waals surface area contributed by atoms with E-state index in [0.29, 0.717) is 9.99 Å². The highest BCUT2D eigenvalue weighted by molar-refractivity contribution is 14.1. The fourth-order valence-electron chi connectivity index (χ4n) is 5.37. The Bertz CT molecular complexity index is 1890. The highest BCUT2D eigenvalue weighted by Gasteiger charge is 2.33. The van der Waals surface area contributed by atoms with Crippen LogP contribution in [-0.2, 0) is 9.59 Å². The molecule has 23 heteroatoms. The zero-order valence-electron chi connectivity index (χ0n) is 31.0. The van der Waals surface area contributed by atoms with Crippen LogP contribution in [0.2, 0.25) is 0 Å². The molecule has 0 aliphatic carbocycles. The first kappa shape index (κ1) is 53.9. The predicted molar refractivity (Wildman–Crippen MR) is 263 cm³/mol. The molecular formula is C35H42I6N4O13. The van der Waals surface area contributed by atoms with Crippen molar-refractivity contribution in [2.24, 2.45) is 0 Å². The van der Waals surface area contributed by atoms with Crippen LogP contribution in [0.15, 0.2) is 0 Å². The van der Waals surface area contributed by atoms with E-state index in [-0.39, 0.29) is 90.3 Å². The summed E-state index contributed by atoms with van der Waals surface area (Å²) in [7, 11) is 1.38. The lowest BCUT2D eigenvalue weighted by Gasteiger charge is -2.29. The molecule has 2 aromatic rings. The molecule has 3 unspecified atom stereocenters. The van der Waals surface area contributed by atoms with Crippen molar-refractivity contribution in [2.45, 2.75) is 57.3 Å². The number of amides is 4. The van der Waals surface area contributed by atoms with Gasteiger partial charge in [0.1, 0.15) is 13.2 Å². The molecule has 0 aromatic heterocycles. The van der Waals surface area contributed by atoms with Crippen molar-refractivity contribution in [2.75, 3.05) is 63.7 Å². The van der Waals surface area contributed by atoms with Gasteiger partial charge in [0.2, 0.25) is 11.8 Å². The van der Waals surface area contributed by atoms with Crippen LogP contribution in [-0.4, -0.2) is 152 Å². The quantitative estimate of drug-likeness (QED) is 0.0607. The molecule has 322 valence electrons. The first-order valence-corrected chi connectivity index (χ1v) is 23.8. The summed E-state index contributed by atoms with van der Waals surface area (Å²) in [6.45, 7) is -2.21. The molecule has 0 spiro atoms. The average molecular weight is 1490 g/mol. The maximum Gasteiger partial charge on any atom is 0.256 e. The number of likely N-dealkylation sites (N-methyl/N-ethyl adjacent to an activating group) is 1. The van der Waals surface area contributed by atoms with E-state index in [1.165, 1.54) is 7.05 Å². The van der Waals surface area contributed by atoms with Gasteiger partial charge >= 0.3 is 0 Å². The lowest BCUT2D eigenvalue weighted by Crippen LogP contribution is -2.45. The molecule has 0 radical (unpaired) electrons. The predicted octanol–water partition coefficient (Wildman–Crippen LogP) is 2.79. The Kier molecular flexibility index (Phi) is 23.9. The number of ketones is 2. The molecule has 9 N–H and O–H groups in total. The lowest BCUT2D eigenvalue weighted by molar-refractivity contribution is -0.119. The van der Waals surface area contributed by atoms with Crippen LogP contribution in [0, 0.1) is 21.4 Å². The standard InChI is InChI=1S/C35H42I6N4O13/c1-3-15(50)4-6-18(53)22-26(36)24(30(40)32(28(22)38)42-20(55)13-48)34(57)44(2)10-17(52)11-45(8-9-46)35(58)25-27(37)23(19(54)7-5-16(51)12-47)29(39)33(31(25)41)43-21(56)14-49/h15-17,46-52H,3-14H2,1-2H3,(H,42,55)(H,43,56). The number of benzene rings is 2. The molecule has 0 fully saturated rings. The minimum absolute atomic E-state index is 0.0244. The van der Waals surface area contributed by atoms with E-state index in [1.807, 2.05) is 136 Å². The zero-order valence-corrected chi connectivity index (χ0v) is 43.9. The van der Waals surface area contributed by atoms with Gasteiger partial charge in [-0.2, -0.15) is 0 Å². The Morgan fingerprint density at radius 1 is 0.586 bits per heavy atom. The number of aliphatic hydroxyl groups is 7. The van der Waals surface area contributed by atoms with Gasteiger partial charge in [0.05, 0.1) is 61.2 Å². The number of carbonyl (C=O) groups is 6. The second-order valence-electron chi connectivity index (χ2n) is 12.7. The summed E-state index contributed by atoms with van der Waals surface area (Å²) < 4.78 is 1.46. The highest BCUT2D eigenvalue weighted by atomic mass is 127. The average Bonchev–Trinajstić information content (AvgIpc) is 3.18. The van der Waals surface area contributed by atoms with E-state index >= 15 is 0 Å². The Hall–Kier alpha value is -0.240. The fraction of sp³-hybridized carbons (Fsp3) is 0.486. The number of Topliss-reactive ketones (excluding diaryl/α,β-unsaturated/α-hetero) is 2. The summed E-state index contributed by atoms with van der Waals surface area (Å²) in [6, 6.07) is 0. The van der Waals surface area contributed by atoms with Crippen LogP contribution in [0.1, 0.15) is 80.5 Å². The summed E-state index contributed by atoms with van der Waals surface area (Å²) in [5.41, 5.74) is 0.311. The SMILES string of the molecule is CCC(O)CCC(=O)c1c(I)c(NC(=O)CO)c(I)c(C(=O)N(C)CC(O)CN(CCO)C(=O)c2c(I)c(NC(=O)CO)c(I)c(C(=O)CCC(O)CO)c2I)c1I. The van der Waals surface area contributed by atoms with Gasteiger partial charge in [0, 0.05) is 64.9 Å². The van der Waals surface area contributed by atoms with Crippen molar-refractivity contribution < 1.29 is 64.5 Å². The Morgan fingerprint density at radius 3 is 1.40 bits per heavy atom. The number of nitrogens with one attached hydrogen (secondary N) is 2. The largest absolute Gasteiger partial charge is 0.395 e. The topological polar surface area (TPSA) is 275 Å². The molecule has 0 bridgehead atoms. The van der Waals surface area contributed by atoms with Crippen LogP contribution in [0.5, 0.6) is 0 Å². The van der Waals surface area contributed by atoms with Crippen molar-refractivity contribution >= 4 is 182 Å². The monoisotopic (exact) mass is 1490 g/mol. The zero-order chi connectivity index (χ0) is 44.2. The number of hydrogen-bond donors (Lipinski definition) is 9. The smallest absolute Gasteiger partial charge is 0.256 e. The summed E-state index contributed by atoms with van der Waals surface area (Å²) in [4.78, 5) is 82.3. The molecule has 58 heavy (non-hydrogen) atoms. The molecule has 17 nitrogen and oxygen atoms in total. The molecule has 2 aromatic carbocycles. The second kappa shape index (κ2) is 25.8. The van der Waals surface area contributed by atoms with E-state index in [2.05, 4.69) is 10.6 Å². The van der Waals surface area contributed by atoms with Crippen LogP contribution in [0.4, 0.5) is 11.4 Å². The van der Waals surface area contributed by atoms with Gasteiger partial charge in [-0.05, 0) is 155 Å². The molecule has 0 aliphatic heterocycles. The maximum absolute atomic E-state index is 14.3. The lowest BCUT2D eigenvalue weighted by atomic mass is 10.00. The van der Waals surface area contributed by atoms with E-state index in [0.717, 1.165) is 9.80 Å². The number of hydrogen-bond acceptors (Lipinski definition) is 13. The van der Waals surface area contributed by atoms with Gasteiger partial charge in [0.15, 0.2) is 11.6 Å². The van der Waals surface area contributed by atoms with E-state index < -0.39 is 86.5 Å². The molecule has 2 rings (SSSR count). The van der Waals surface area contributed by atoms with E-state index in [4.69, 9.17) is 0 Å². The minimum atomic E-state index is -1.43. The van der Waals surface area contributed by atoms with Gasteiger partial charge in [-0.15, -0.1) is 0 Å². The number of halogens is 6. The van der Waals surface area contributed by atoms with Crippen LogP contribution < -0.4 is 10.6 Å². The number of carbonyl (C=O) groups excluding carboxylic acids is 6. The maximum atomic E-state index is 14.3. The van der Waals surface area contributed by atoms with Crippen LogP contribution >= 0.6 is 136 Å². The third-order valence-corrected chi connectivity index (χ3v) is 14.9. The van der Waals surface area contributed by atoms with Crippen molar-refractivity contribution in [1.29, 1.82) is 0 Å². The van der Waals surface area contributed by atoms with Crippen molar-refractivity contribution in [3.8, 4) is 0 Å². The Balaban J connectivity index is 2.58. The van der Waals surface area contributed by atoms with Gasteiger partial charge < -0.3 is 56.2 Å². The third kappa shape index (κ3) is 14.1. The van der Waals surface area contributed by atoms with Gasteiger partial charge in [-0.25, -0.2) is 0 Å². The number of rotatable bonds is 22. The first-order valence-electron chi connectivity index (χ1n) is 17.3. The molecule has 0 heterocycles. The summed E-state index contributed by atoms with van der Waals surface area (Å²) in [5.74, 6) is -3.93. The molecule has 0 saturated carbocycles. The minimum Gasteiger partial charge on any atom is -0.395 e. The molecule has 0 aliphatic rings. The summed E-state index contributed by atoms with van der Waals surface area (Å²) >= 11 is 11.0. The molecule has 0 saturated heterocycles. The summed E-state index contributed by atoms with van der Waals surface area (Å²) in [6.07, 6.45) is -3.11. The molecule has 3 atom stereocenters.